The Bertz CT molecular complexity index is 647. The molecule has 2 aliphatic heterocycles. The molecule has 2 atom stereocenters. The predicted molar refractivity (Wildman–Crippen MR) is 70.1 cm³/mol. The molecule has 7 heteroatoms. The number of hydrogen-bond donors (Lipinski definition) is 1. The second-order valence-corrected chi connectivity index (χ2v) is 5.82. The van der Waals surface area contributed by atoms with Crippen LogP contribution in [0.15, 0.2) is 18.2 Å². The van der Waals surface area contributed by atoms with Crippen molar-refractivity contribution in [1.82, 2.24) is 4.90 Å². The van der Waals surface area contributed by atoms with Crippen LogP contribution in [-0.2, 0) is 10.7 Å². The van der Waals surface area contributed by atoms with Crippen LogP contribution in [0.3, 0.4) is 0 Å². The van der Waals surface area contributed by atoms with E-state index in [1.807, 2.05) is 0 Å². The summed E-state index contributed by atoms with van der Waals surface area (Å²) >= 11 is 0. The maximum absolute atomic E-state index is 14.4. The zero-order valence-electron chi connectivity index (χ0n) is 11.6. The highest BCUT2D eigenvalue weighted by atomic mass is 19.3. The lowest BCUT2D eigenvalue weighted by Gasteiger charge is -2.37. The topological polar surface area (TPSA) is 57.6 Å². The highest BCUT2D eigenvalue weighted by Gasteiger charge is 2.47. The van der Waals surface area contributed by atoms with Crippen LogP contribution in [0.25, 0.3) is 0 Å². The van der Waals surface area contributed by atoms with Gasteiger partial charge in [-0.25, -0.2) is 13.2 Å². The Balaban J connectivity index is 2.05. The number of carbonyl (C=O) groups is 2. The Morgan fingerprint density at radius 2 is 2.05 bits per heavy atom. The van der Waals surface area contributed by atoms with Gasteiger partial charge in [-0.1, -0.05) is 0 Å². The quantitative estimate of drug-likeness (QED) is 0.867. The largest absolute Gasteiger partial charge is 0.481 e. The molecule has 1 aromatic carbocycles. The number of alkyl halides is 2. The van der Waals surface area contributed by atoms with Gasteiger partial charge in [0.05, 0.1) is 5.92 Å². The van der Waals surface area contributed by atoms with Gasteiger partial charge in [-0.3, -0.25) is 9.59 Å². The lowest BCUT2D eigenvalue weighted by molar-refractivity contribution is -0.144. The van der Waals surface area contributed by atoms with E-state index in [0.717, 1.165) is 12.1 Å². The molecule has 1 N–H and O–H groups in total. The van der Waals surface area contributed by atoms with Gasteiger partial charge >= 0.3 is 5.97 Å². The Kier molecular flexibility index (Phi) is 3.38. The molecule has 0 spiro atoms. The fourth-order valence-electron chi connectivity index (χ4n) is 3.26. The average molecular weight is 313 g/mol. The number of aliphatic carboxylic acids is 1. The minimum Gasteiger partial charge on any atom is -0.481 e. The number of benzene rings is 1. The first kappa shape index (κ1) is 14.9. The first-order chi connectivity index (χ1) is 10.3. The van der Waals surface area contributed by atoms with E-state index in [0.29, 0.717) is 6.07 Å². The number of rotatable bonds is 1. The smallest absolute Gasteiger partial charge is 0.308 e. The molecule has 3 rings (SSSR count). The van der Waals surface area contributed by atoms with E-state index in [2.05, 4.69) is 0 Å². The molecular formula is C15H14F3NO3. The summed E-state index contributed by atoms with van der Waals surface area (Å²) in [6.45, 7) is -0.0915. The molecular weight excluding hydrogens is 299 g/mol. The van der Waals surface area contributed by atoms with Crippen molar-refractivity contribution < 1.29 is 27.9 Å². The van der Waals surface area contributed by atoms with Crippen LogP contribution < -0.4 is 0 Å². The van der Waals surface area contributed by atoms with Crippen LogP contribution >= 0.6 is 0 Å². The van der Waals surface area contributed by atoms with Gasteiger partial charge in [-0.15, -0.1) is 0 Å². The van der Waals surface area contributed by atoms with E-state index in [-0.39, 0.29) is 24.9 Å². The molecule has 1 amide bonds. The first-order valence-electron chi connectivity index (χ1n) is 7.01. The van der Waals surface area contributed by atoms with E-state index in [1.165, 1.54) is 4.90 Å². The molecule has 0 bridgehead atoms. The van der Waals surface area contributed by atoms with Gasteiger partial charge in [-0.2, -0.15) is 0 Å². The van der Waals surface area contributed by atoms with Crippen LogP contribution in [0.2, 0.25) is 0 Å². The van der Waals surface area contributed by atoms with Crippen LogP contribution in [0, 0.1) is 11.7 Å². The highest BCUT2D eigenvalue weighted by Crippen LogP contribution is 2.42. The van der Waals surface area contributed by atoms with Crippen molar-refractivity contribution in [2.75, 3.05) is 6.54 Å². The maximum Gasteiger partial charge on any atom is 0.308 e. The van der Waals surface area contributed by atoms with Gasteiger partial charge in [0.1, 0.15) is 5.82 Å². The van der Waals surface area contributed by atoms with Crippen molar-refractivity contribution >= 4 is 11.9 Å². The van der Waals surface area contributed by atoms with Crippen LogP contribution in [-0.4, -0.2) is 34.5 Å². The molecule has 0 aromatic heterocycles. The molecule has 1 fully saturated rings. The summed E-state index contributed by atoms with van der Waals surface area (Å²) in [6, 6.07) is 1.98. The van der Waals surface area contributed by atoms with E-state index in [4.69, 9.17) is 5.11 Å². The van der Waals surface area contributed by atoms with Crippen molar-refractivity contribution in [1.29, 1.82) is 0 Å². The number of carbonyl (C=O) groups excluding carboxylic acids is 1. The summed E-state index contributed by atoms with van der Waals surface area (Å²) < 4.78 is 42.1. The number of nitrogens with zero attached hydrogens (tertiary/aromatic N) is 1. The van der Waals surface area contributed by atoms with Crippen molar-refractivity contribution in [2.24, 2.45) is 5.92 Å². The lowest BCUT2D eigenvalue weighted by atomic mass is 9.90. The van der Waals surface area contributed by atoms with E-state index >= 15 is 0 Å². The Morgan fingerprint density at radius 3 is 2.73 bits per heavy atom. The molecule has 2 aliphatic rings. The molecule has 22 heavy (non-hydrogen) atoms. The lowest BCUT2D eigenvalue weighted by Crippen LogP contribution is -2.48. The molecule has 0 unspecified atom stereocenters. The SMILES string of the molecule is O=C(O)[C@H]1CC[C@@H]2CC(F)(F)c3cc(F)ccc3C(=O)N2C1. The van der Waals surface area contributed by atoms with Gasteiger partial charge in [-0.05, 0) is 31.0 Å². The summed E-state index contributed by atoms with van der Waals surface area (Å²) in [5.74, 6) is -6.59. The number of halogens is 3. The third-order valence-electron chi connectivity index (χ3n) is 4.41. The molecule has 1 aromatic rings. The minimum absolute atomic E-state index is 0.0915. The predicted octanol–water partition coefficient (Wildman–Crippen LogP) is 2.63. The maximum atomic E-state index is 14.4. The second-order valence-electron chi connectivity index (χ2n) is 5.82. The molecule has 118 valence electrons. The minimum atomic E-state index is -3.32. The number of amides is 1. The van der Waals surface area contributed by atoms with Gasteiger partial charge in [0.15, 0.2) is 0 Å². The Labute approximate surface area is 124 Å². The fraction of sp³-hybridized carbons (Fsp3) is 0.467. The molecule has 1 saturated heterocycles. The Morgan fingerprint density at radius 1 is 1.32 bits per heavy atom. The summed E-state index contributed by atoms with van der Waals surface area (Å²) in [4.78, 5) is 24.8. The third-order valence-corrected chi connectivity index (χ3v) is 4.41. The van der Waals surface area contributed by atoms with Crippen LogP contribution in [0.5, 0.6) is 0 Å². The fourth-order valence-corrected chi connectivity index (χ4v) is 3.26. The van der Waals surface area contributed by atoms with Crippen LogP contribution in [0.4, 0.5) is 13.2 Å². The molecule has 4 nitrogen and oxygen atoms in total. The summed E-state index contributed by atoms with van der Waals surface area (Å²) in [7, 11) is 0. The zero-order chi connectivity index (χ0) is 16.1. The van der Waals surface area contributed by atoms with Crippen LogP contribution in [0.1, 0.15) is 35.2 Å². The number of piperidine rings is 1. The van der Waals surface area contributed by atoms with Crippen molar-refractivity contribution in [2.45, 2.75) is 31.2 Å². The van der Waals surface area contributed by atoms with Gasteiger partial charge in [0.25, 0.3) is 11.8 Å². The average Bonchev–Trinajstić information content (AvgIpc) is 2.53. The summed E-state index contributed by atoms with van der Waals surface area (Å²) in [5, 5.41) is 9.08. The normalized spacial score (nSPS) is 26.9. The standard InChI is InChI=1S/C15H14F3NO3/c16-9-2-4-11-12(5-9)15(17,18)6-10-3-1-8(14(21)22)7-19(10)13(11)20/h2,4-5,8,10H,1,3,6-7H2,(H,21,22)/t8-,10+/m0/s1. The number of carboxylic acids is 1. The van der Waals surface area contributed by atoms with Gasteiger partial charge in [0.2, 0.25) is 0 Å². The zero-order valence-corrected chi connectivity index (χ0v) is 11.6. The van der Waals surface area contributed by atoms with Crippen molar-refractivity contribution in [3.05, 3.63) is 35.1 Å². The summed E-state index contributed by atoms with van der Waals surface area (Å²) in [5.41, 5.74) is -0.862. The van der Waals surface area contributed by atoms with E-state index in [1.54, 1.807) is 0 Å². The Hall–Kier alpha value is -2.05. The van der Waals surface area contributed by atoms with E-state index < -0.39 is 47.6 Å². The van der Waals surface area contributed by atoms with Crippen molar-refractivity contribution in [3.8, 4) is 0 Å². The van der Waals surface area contributed by atoms with Crippen molar-refractivity contribution in [3.63, 3.8) is 0 Å². The number of fused-ring (bicyclic) bond motifs is 2. The number of carboxylic acid groups (broad SMARTS) is 1. The van der Waals surface area contributed by atoms with Gasteiger partial charge < -0.3 is 10.0 Å². The van der Waals surface area contributed by atoms with E-state index in [9.17, 15) is 22.8 Å². The molecule has 0 radical (unpaired) electrons. The monoisotopic (exact) mass is 313 g/mol. The summed E-state index contributed by atoms with van der Waals surface area (Å²) in [6.07, 6.45) is -0.152. The molecule has 2 heterocycles. The highest BCUT2D eigenvalue weighted by molar-refractivity contribution is 5.97. The third kappa shape index (κ3) is 2.34. The molecule has 0 saturated carbocycles. The number of hydrogen-bond acceptors (Lipinski definition) is 2. The van der Waals surface area contributed by atoms with Gasteiger partial charge in [0, 0.05) is 30.1 Å². The molecule has 0 aliphatic carbocycles. The second kappa shape index (κ2) is 5.00. The first-order valence-corrected chi connectivity index (χ1v) is 7.01.